The van der Waals surface area contributed by atoms with Gasteiger partial charge >= 0.3 is 6.09 Å². The van der Waals surface area contributed by atoms with Crippen LogP contribution in [-0.4, -0.2) is 96.6 Å². The van der Waals surface area contributed by atoms with Gasteiger partial charge in [-0.05, 0) is 33.6 Å². The Morgan fingerprint density at radius 3 is 1.94 bits per heavy atom. The lowest BCUT2D eigenvalue weighted by Gasteiger charge is -2.33. The Labute approximate surface area is 196 Å². The highest BCUT2D eigenvalue weighted by Gasteiger charge is 2.31. The quantitative estimate of drug-likeness (QED) is 0.575. The molecule has 1 amide bonds. The van der Waals surface area contributed by atoms with Gasteiger partial charge in [0.2, 0.25) is 11.8 Å². The number of piperidine rings is 2. The van der Waals surface area contributed by atoms with Crippen LogP contribution in [0.5, 0.6) is 11.8 Å². The molecule has 12 heteroatoms. The van der Waals surface area contributed by atoms with Gasteiger partial charge in [0.1, 0.15) is 18.5 Å². The Balaban J connectivity index is 1.53. The molecule has 1 aromatic rings. The summed E-state index contributed by atoms with van der Waals surface area (Å²) in [6.45, 7) is 7.45. The Hall–Kier alpha value is -2.18. The van der Waals surface area contributed by atoms with Gasteiger partial charge < -0.3 is 19.1 Å². The minimum Gasteiger partial charge on any atom is -0.474 e. The van der Waals surface area contributed by atoms with E-state index in [0.29, 0.717) is 69.2 Å². The zero-order valence-corrected chi connectivity index (χ0v) is 20.9. The van der Waals surface area contributed by atoms with Crippen LogP contribution in [0.4, 0.5) is 4.79 Å². The summed E-state index contributed by atoms with van der Waals surface area (Å²) in [6, 6.07) is 0. The second kappa shape index (κ2) is 10.8. The van der Waals surface area contributed by atoms with Crippen molar-refractivity contribution in [2.45, 2.75) is 64.8 Å². The maximum atomic E-state index is 12.3. The summed E-state index contributed by atoms with van der Waals surface area (Å²) < 4.78 is 44.7. The van der Waals surface area contributed by atoms with E-state index < -0.39 is 10.2 Å². The Bertz CT molecular complexity index is 910. The highest BCUT2D eigenvalue weighted by Crippen LogP contribution is 2.28. The molecule has 0 unspecified atom stereocenters. The normalized spacial score (nSPS) is 19.2. The van der Waals surface area contributed by atoms with Crippen molar-refractivity contribution in [2.24, 2.45) is 0 Å². The van der Waals surface area contributed by atoms with Crippen molar-refractivity contribution in [3.8, 4) is 11.8 Å². The number of aromatic nitrogens is 2. The molecule has 3 heterocycles. The van der Waals surface area contributed by atoms with Gasteiger partial charge in [-0.25, -0.2) is 14.8 Å². The Kier molecular flexibility index (Phi) is 8.35. The number of carbonyl (C=O) groups excluding carboxylic acids is 1. The highest BCUT2D eigenvalue weighted by molar-refractivity contribution is 7.86. The first-order valence-corrected chi connectivity index (χ1v) is 12.8. The number of likely N-dealkylation sites (tertiary alicyclic amines) is 1. The van der Waals surface area contributed by atoms with E-state index >= 15 is 0 Å². The highest BCUT2D eigenvalue weighted by atomic mass is 32.2. The number of ether oxygens (including phenoxy) is 3. The molecule has 0 spiro atoms. The fourth-order valence-corrected chi connectivity index (χ4v) is 4.95. The van der Waals surface area contributed by atoms with Gasteiger partial charge in [0, 0.05) is 53.1 Å². The van der Waals surface area contributed by atoms with Crippen LogP contribution >= 0.6 is 0 Å². The van der Waals surface area contributed by atoms with Gasteiger partial charge in [-0.3, -0.25) is 0 Å². The summed E-state index contributed by atoms with van der Waals surface area (Å²) in [7, 11) is -0.345. The Morgan fingerprint density at radius 2 is 1.48 bits per heavy atom. The third-order valence-electron chi connectivity index (χ3n) is 5.77. The van der Waals surface area contributed by atoms with Crippen LogP contribution in [0.2, 0.25) is 0 Å². The zero-order chi connectivity index (χ0) is 24.2. The van der Waals surface area contributed by atoms with Gasteiger partial charge in [-0.2, -0.15) is 17.0 Å². The molecule has 2 aliphatic heterocycles. The van der Waals surface area contributed by atoms with E-state index in [4.69, 9.17) is 14.2 Å². The molecule has 3 rings (SSSR count). The first-order valence-electron chi connectivity index (χ1n) is 11.4. The molecule has 0 radical (unpaired) electrons. The summed E-state index contributed by atoms with van der Waals surface area (Å²) in [5.41, 5.74) is 0.711. The van der Waals surface area contributed by atoms with E-state index in [2.05, 4.69) is 9.97 Å². The predicted molar refractivity (Wildman–Crippen MR) is 121 cm³/mol. The molecule has 2 saturated heterocycles. The van der Waals surface area contributed by atoms with E-state index in [-0.39, 0.29) is 24.4 Å². The van der Waals surface area contributed by atoms with Crippen LogP contribution in [0, 0.1) is 6.92 Å². The second-order valence-corrected chi connectivity index (χ2v) is 11.0. The van der Waals surface area contributed by atoms with Gasteiger partial charge in [0.05, 0.1) is 11.7 Å². The van der Waals surface area contributed by atoms with E-state index in [0.717, 1.165) is 0 Å². The Morgan fingerprint density at radius 1 is 1.00 bits per heavy atom. The minimum atomic E-state index is -3.41. The summed E-state index contributed by atoms with van der Waals surface area (Å²) in [6.07, 6.45) is 3.33. The van der Waals surface area contributed by atoms with E-state index in [1.54, 1.807) is 4.90 Å². The summed E-state index contributed by atoms with van der Waals surface area (Å²) >= 11 is 0. The number of nitrogens with zero attached hydrogens (tertiary/aromatic N) is 5. The summed E-state index contributed by atoms with van der Waals surface area (Å²) in [4.78, 5) is 22.3. The van der Waals surface area contributed by atoms with Crippen molar-refractivity contribution in [3.63, 3.8) is 0 Å². The monoisotopic (exact) mass is 485 g/mol. The molecule has 0 bridgehead atoms. The lowest BCUT2D eigenvalue weighted by molar-refractivity contribution is 0.0503. The van der Waals surface area contributed by atoms with E-state index in [1.807, 2.05) is 20.8 Å². The van der Waals surface area contributed by atoms with Crippen molar-refractivity contribution < 1.29 is 27.4 Å². The van der Waals surface area contributed by atoms with Crippen LogP contribution in [0.1, 0.15) is 45.1 Å². The lowest BCUT2D eigenvalue weighted by Crippen LogP contribution is -2.46. The first kappa shape index (κ1) is 25.4. The third kappa shape index (κ3) is 6.45. The fraction of sp³-hybridized carbons (Fsp3) is 0.762. The van der Waals surface area contributed by atoms with Crippen LogP contribution in [0.25, 0.3) is 0 Å². The van der Waals surface area contributed by atoms with E-state index in [1.165, 1.54) is 29.0 Å². The van der Waals surface area contributed by atoms with Crippen molar-refractivity contribution >= 4 is 16.3 Å². The van der Waals surface area contributed by atoms with Crippen molar-refractivity contribution in [2.75, 3.05) is 40.3 Å². The average molecular weight is 486 g/mol. The third-order valence-corrected chi connectivity index (χ3v) is 7.71. The largest absolute Gasteiger partial charge is 0.474 e. The molecule has 0 atom stereocenters. The molecule has 2 aliphatic rings. The number of amides is 1. The van der Waals surface area contributed by atoms with Crippen LogP contribution in [0.3, 0.4) is 0 Å². The fourth-order valence-electron chi connectivity index (χ4n) is 3.82. The van der Waals surface area contributed by atoms with Crippen LogP contribution < -0.4 is 9.47 Å². The average Bonchev–Trinajstić information content (AvgIpc) is 2.77. The van der Waals surface area contributed by atoms with Crippen molar-refractivity contribution in [1.29, 1.82) is 0 Å². The SMILES string of the molecule is Cc1c(OC2CCN(C(=O)OC(C)C)CC2)ncnc1OC1CCN(S(=O)(=O)N(C)C)CC1. The number of hydrogen-bond donors (Lipinski definition) is 0. The number of carbonyl (C=O) groups is 1. The molecule has 186 valence electrons. The number of rotatable bonds is 7. The second-order valence-electron chi connectivity index (χ2n) is 8.85. The molecule has 33 heavy (non-hydrogen) atoms. The predicted octanol–water partition coefficient (Wildman–Crippen LogP) is 1.82. The molecule has 0 saturated carbocycles. The number of hydrogen-bond acceptors (Lipinski definition) is 8. The van der Waals surface area contributed by atoms with Crippen LogP contribution in [0.15, 0.2) is 6.33 Å². The van der Waals surface area contributed by atoms with Crippen LogP contribution in [-0.2, 0) is 14.9 Å². The molecule has 0 aliphatic carbocycles. The zero-order valence-electron chi connectivity index (χ0n) is 20.1. The molecular formula is C21H35N5O6S. The minimum absolute atomic E-state index is 0.0611. The van der Waals surface area contributed by atoms with Gasteiger partial charge in [-0.1, -0.05) is 0 Å². The smallest absolute Gasteiger partial charge is 0.410 e. The molecular weight excluding hydrogens is 450 g/mol. The maximum absolute atomic E-state index is 12.3. The van der Waals surface area contributed by atoms with Gasteiger partial charge in [0.25, 0.3) is 10.2 Å². The summed E-state index contributed by atoms with van der Waals surface area (Å²) in [5.74, 6) is 0.919. The standard InChI is InChI=1S/C21H35N5O6S/c1-15(2)30-21(27)25-10-6-17(7-11-25)31-19-16(3)20(23-14-22-19)32-18-8-12-26(13-9-18)33(28,29)24(4)5/h14-15,17-18H,6-13H2,1-5H3. The van der Waals surface area contributed by atoms with Crippen molar-refractivity contribution in [1.82, 2.24) is 23.5 Å². The molecule has 11 nitrogen and oxygen atoms in total. The lowest BCUT2D eigenvalue weighted by atomic mass is 10.1. The summed E-state index contributed by atoms with van der Waals surface area (Å²) in [5, 5.41) is 0. The molecule has 0 N–H and O–H groups in total. The maximum Gasteiger partial charge on any atom is 0.410 e. The topological polar surface area (TPSA) is 114 Å². The molecule has 0 aromatic carbocycles. The van der Waals surface area contributed by atoms with Gasteiger partial charge in [-0.15, -0.1) is 0 Å². The van der Waals surface area contributed by atoms with Crippen molar-refractivity contribution in [3.05, 3.63) is 11.9 Å². The van der Waals surface area contributed by atoms with Gasteiger partial charge in [0.15, 0.2) is 0 Å². The first-order chi connectivity index (χ1) is 15.6. The molecule has 1 aromatic heterocycles. The molecule has 2 fully saturated rings. The van der Waals surface area contributed by atoms with E-state index in [9.17, 15) is 13.2 Å².